The highest BCUT2D eigenvalue weighted by Crippen LogP contribution is 2.62. The molecular weight excluding hydrogens is 659 g/mol. The van der Waals surface area contributed by atoms with Crippen LogP contribution in [-0.2, 0) is 15.9 Å². The Hall–Kier alpha value is -1.77. The van der Waals surface area contributed by atoms with Crippen molar-refractivity contribution in [1.29, 1.82) is 0 Å². The summed E-state index contributed by atoms with van der Waals surface area (Å²) < 4.78 is 12.4. The van der Waals surface area contributed by atoms with Gasteiger partial charge in [0.15, 0.2) is 27.7 Å². The van der Waals surface area contributed by atoms with Gasteiger partial charge in [-0.25, -0.2) is 0 Å². The molecule has 0 saturated heterocycles. The molecule has 0 N–H and O–H groups in total. The number of rotatable bonds is 27. The fourth-order valence-electron chi connectivity index (χ4n) is 6.05. The van der Waals surface area contributed by atoms with Gasteiger partial charge in [0.05, 0.1) is 0 Å². The molecule has 3 aromatic carbocycles. The average molecular weight is 723 g/mol. The van der Waals surface area contributed by atoms with Gasteiger partial charge < -0.3 is 9.47 Å². The second-order valence-electron chi connectivity index (χ2n) is 12.9. The minimum Gasteiger partial charge on any atom is -0.353 e. The first-order chi connectivity index (χ1) is 23.2. The minimum atomic E-state index is -1.84. The number of hydrogen-bond acceptors (Lipinski definition) is 2. The van der Waals surface area contributed by atoms with Crippen molar-refractivity contribution in [2.24, 2.45) is 0 Å². The predicted molar refractivity (Wildman–Crippen MR) is 212 cm³/mol. The first-order valence-electron chi connectivity index (χ1n) is 18.9. The third-order valence-electron chi connectivity index (χ3n) is 8.93. The van der Waals surface area contributed by atoms with E-state index < -0.39 is 5.96 Å². The highest BCUT2D eigenvalue weighted by molar-refractivity contribution is 9.44. The average Bonchev–Trinajstić information content (AvgIpc) is 3.12. The van der Waals surface area contributed by atoms with Crippen LogP contribution in [0.2, 0.25) is 0 Å². The summed E-state index contributed by atoms with van der Waals surface area (Å²) >= 11 is 4.27. The Bertz CT molecular complexity index is 1130. The number of aryl methyl sites for hydroxylation is 1. The molecular formula is C43H63BrO2P+. The summed E-state index contributed by atoms with van der Waals surface area (Å²) in [6.45, 7) is 6.23. The summed E-state index contributed by atoms with van der Waals surface area (Å²) in [5, 5.41) is 4.08. The van der Waals surface area contributed by atoms with Crippen LogP contribution in [-0.4, -0.2) is 19.5 Å². The molecule has 0 amide bonds. The van der Waals surface area contributed by atoms with Crippen LogP contribution in [0.25, 0.3) is 0 Å². The molecule has 258 valence electrons. The molecule has 0 radical (unpaired) electrons. The minimum absolute atomic E-state index is 0.0125. The van der Waals surface area contributed by atoms with Crippen molar-refractivity contribution >= 4 is 37.4 Å². The molecule has 47 heavy (non-hydrogen) atoms. The van der Waals surface area contributed by atoms with Gasteiger partial charge in [0.2, 0.25) is 0 Å². The van der Waals surface area contributed by atoms with E-state index in [0.29, 0.717) is 0 Å². The molecule has 2 nitrogen and oxygen atoms in total. The van der Waals surface area contributed by atoms with Crippen molar-refractivity contribution < 1.29 is 9.47 Å². The summed E-state index contributed by atoms with van der Waals surface area (Å²) in [6, 6.07) is 31.1. The molecule has 0 aliphatic rings. The van der Waals surface area contributed by atoms with Crippen LogP contribution in [0.15, 0.2) is 97.1 Å². The van der Waals surface area contributed by atoms with Gasteiger partial charge in [-0.05, 0) is 99.7 Å². The van der Waals surface area contributed by atoms with Gasteiger partial charge in [-0.15, -0.1) is 0 Å². The van der Waals surface area contributed by atoms with E-state index >= 15 is 0 Å². The van der Waals surface area contributed by atoms with Gasteiger partial charge in [-0.1, -0.05) is 132 Å². The van der Waals surface area contributed by atoms with Gasteiger partial charge in [-0.3, -0.25) is 0 Å². The molecule has 4 heteroatoms. The lowest BCUT2D eigenvalue weighted by Gasteiger charge is -2.20. The zero-order valence-electron chi connectivity index (χ0n) is 29.6. The Morgan fingerprint density at radius 1 is 0.532 bits per heavy atom. The van der Waals surface area contributed by atoms with Crippen molar-refractivity contribution in [2.75, 3.05) is 13.2 Å². The van der Waals surface area contributed by atoms with Gasteiger partial charge in [0.1, 0.15) is 15.9 Å². The first kappa shape index (κ1) is 39.7. The number of benzene rings is 3. The summed E-state index contributed by atoms with van der Waals surface area (Å²) in [5.74, 6) is -1.84. The van der Waals surface area contributed by atoms with Crippen molar-refractivity contribution in [2.45, 2.75) is 136 Å². The maximum Gasteiger partial charge on any atom is 0.181 e. The fraction of sp³-hybridized carbons (Fsp3) is 0.535. The first-order valence-corrected chi connectivity index (χ1v) is 22.7. The molecule has 3 rings (SSSR count). The fourth-order valence-corrected chi connectivity index (χ4v) is 10.8. The third-order valence-corrected chi connectivity index (χ3v) is 15.6. The van der Waals surface area contributed by atoms with E-state index in [2.05, 4.69) is 126 Å². The van der Waals surface area contributed by atoms with Gasteiger partial charge >= 0.3 is 0 Å². The monoisotopic (exact) mass is 721 g/mol. The van der Waals surface area contributed by atoms with Gasteiger partial charge in [0, 0.05) is 13.2 Å². The van der Waals surface area contributed by atoms with E-state index in [1.165, 1.54) is 105 Å². The quantitative estimate of drug-likeness (QED) is 0.0338. The summed E-state index contributed by atoms with van der Waals surface area (Å²) in [6.07, 6.45) is 26.9. The standard InChI is InChI=1S/C43H63BrO2P/c1-3-5-7-15-25-37-45-43(46-38-26-16-8-6-4-2)32-24-14-12-10-9-11-13-19-27-39-33-35-42(36-34-39)47(44,40-28-20-17-21-29-40)41-30-22-18-23-31-41/h9,11,17-18,20-23,28-31,33-36,43H,3-8,10,12-16,19,24-27,32,37-38H2,1-2H3/q+1/b11-9-. The SMILES string of the molecule is CCCCCCCOC(CCCCC/C=C\CCCc1ccc([P+](Br)(c2ccccc2)c2ccccc2)cc1)OCCCCCCC. The normalized spacial score (nSPS) is 12.0. The van der Waals surface area contributed by atoms with E-state index in [9.17, 15) is 0 Å². The van der Waals surface area contributed by atoms with Crippen LogP contribution in [0.5, 0.6) is 0 Å². The molecule has 0 fully saturated rings. The Balaban J connectivity index is 1.33. The van der Waals surface area contributed by atoms with Crippen LogP contribution in [0.3, 0.4) is 0 Å². The second-order valence-corrected chi connectivity index (χ2v) is 18.8. The number of allylic oxidation sites excluding steroid dienone is 2. The number of hydrogen-bond donors (Lipinski definition) is 0. The van der Waals surface area contributed by atoms with Crippen LogP contribution in [0.4, 0.5) is 0 Å². The largest absolute Gasteiger partial charge is 0.353 e. The Labute approximate surface area is 297 Å². The van der Waals surface area contributed by atoms with Crippen LogP contribution < -0.4 is 15.9 Å². The van der Waals surface area contributed by atoms with Crippen molar-refractivity contribution in [3.8, 4) is 0 Å². The van der Waals surface area contributed by atoms with Crippen molar-refractivity contribution in [3.63, 3.8) is 0 Å². The molecule has 0 saturated carbocycles. The van der Waals surface area contributed by atoms with Crippen molar-refractivity contribution in [1.82, 2.24) is 0 Å². The zero-order chi connectivity index (χ0) is 33.3. The third kappa shape index (κ3) is 15.5. The van der Waals surface area contributed by atoms with E-state index in [0.717, 1.165) is 45.3 Å². The number of ether oxygens (including phenoxy) is 2. The van der Waals surface area contributed by atoms with E-state index in [-0.39, 0.29) is 6.29 Å². The van der Waals surface area contributed by atoms with Crippen molar-refractivity contribution in [3.05, 3.63) is 103 Å². The summed E-state index contributed by atoms with van der Waals surface area (Å²) in [4.78, 5) is 0. The van der Waals surface area contributed by atoms with Gasteiger partial charge in [-0.2, -0.15) is 0 Å². The number of halogens is 1. The summed E-state index contributed by atoms with van der Waals surface area (Å²) in [7, 11) is 0. The highest BCUT2D eigenvalue weighted by Gasteiger charge is 2.43. The maximum absolute atomic E-state index is 6.19. The highest BCUT2D eigenvalue weighted by atomic mass is 79.9. The lowest BCUT2D eigenvalue weighted by molar-refractivity contribution is -0.148. The lowest BCUT2D eigenvalue weighted by Crippen LogP contribution is -2.26. The van der Waals surface area contributed by atoms with E-state index in [1.807, 2.05) is 0 Å². The molecule has 0 unspecified atom stereocenters. The van der Waals surface area contributed by atoms with Crippen LogP contribution >= 0.6 is 21.5 Å². The zero-order valence-corrected chi connectivity index (χ0v) is 32.1. The smallest absolute Gasteiger partial charge is 0.181 e. The Kier molecular flexibility index (Phi) is 21.3. The molecule has 3 aromatic rings. The molecule has 0 bridgehead atoms. The molecule has 0 spiro atoms. The number of unbranched alkanes of at least 4 members (excludes halogenated alkanes) is 12. The van der Waals surface area contributed by atoms with Gasteiger partial charge in [0.25, 0.3) is 0 Å². The van der Waals surface area contributed by atoms with Crippen LogP contribution in [0.1, 0.15) is 129 Å². The molecule has 0 atom stereocenters. The molecule has 0 aliphatic carbocycles. The van der Waals surface area contributed by atoms with E-state index in [1.54, 1.807) is 0 Å². The Morgan fingerprint density at radius 2 is 1.00 bits per heavy atom. The molecule has 0 heterocycles. The molecule has 0 aliphatic heterocycles. The van der Waals surface area contributed by atoms with Crippen LogP contribution in [0, 0.1) is 0 Å². The van der Waals surface area contributed by atoms with E-state index in [4.69, 9.17) is 9.47 Å². The topological polar surface area (TPSA) is 18.5 Å². The summed E-state index contributed by atoms with van der Waals surface area (Å²) in [5.41, 5.74) is 1.42. The molecule has 0 aromatic heterocycles. The predicted octanol–water partition coefficient (Wildman–Crippen LogP) is 12.4. The second kappa shape index (κ2) is 25.2. The Morgan fingerprint density at radius 3 is 1.53 bits per heavy atom. The maximum atomic E-state index is 6.19. The lowest BCUT2D eigenvalue weighted by atomic mass is 10.1.